The number of nitrogens with one attached hydrogen (secondary N) is 1. The summed E-state index contributed by atoms with van der Waals surface area (Å²) in [4.78, 5) is 14.7. The van der Waals surface area contributed by atoms with Crippen LogP contribution in [0.4, 0.5) is 0 Å². The Kier molecular flexibility index (Phi) is 4.15. The van der Waals surface area contributed by atoms with Crippen molar-refractivity contribution in [3.05, 3.63) is 0 Å². The Labute approximate surface area is 109 Å². The molecule has 0 radical (unpaired) electrons. The van der Waals surface area contributed by atoms with Crippen LogP contribution in [0, 0.1) is 5.41 Å². The van der Waals surface area contributed by atoms with E-state index in [2.05, 4.69) is 17.3 Å². The number of nitrogens with two attached hydrogens (primary N) is 1. The molecular weight excluding hydrogens is 234 g/mol. The third-order valence-corrected chi connectivity index (χ3v) is 3.74. The van der Waals surface area contributed by atoms with E-state index >= 15 is 0 Å². The zero-order valence-corrected chi connectivity index (χ0v) is 12.0. The topological polar surface area (TPSA) is 58.4 Å². The third-order valence-electron chi connectivity index (χ3n) is 3.35. The zero-order valence-electron chi connectivity index (χ0n) is 11.2. The maximum atomic E-state index is 12.1. The Morgan fingerprint density at radius 3 is 2.18 bits per heavy atom. The smallest absolute Gasteiger partial charge is 0.226 e. The van der Waals surface area contributed by atoms with E-state index in [0.717, 1.165) is 25.9 Å². The van der Waals surface area contributed by atoms with Gasteiger partial charge in [0.25, 0.3) is 0 Å². The van der Waals surface area contributed by atoms with Crippen LogP contribution in [0.15, 0.2) is 0 Å². The Bertz CT molecular complexity index is 314. The minimum absolute atomic E-state index is 0.00912. The fourth-order valence-corrected chi connectivity index (χ4v) is 2.09. The summed E-state index contributed by atoms with van der Waals surface area (Å²) in [5, 5.41) is 3.06. The second kappa shape index (κ2) is 4.90. The molecule has 0 aromatic carbocycles. The van der Waals surface area contributed by atoms with Crippen molar-refractivity contribution in [3.8, 4) is 0 Å². The van der Waals surface area contributed by atoms with Gasteiger partial charge in [0.2, 0.25) is 5.91 Å². The summed E-state index contributed by atoms with van der Waals surface area (Å²) in [7, 11) is 2.06. The summed E-state index contributed by atoms with van der Waals surface area (Å²) in [5.74, 6) is 0.00912. The van der Waals surface area contributed by atoms with Crippen molar-refractivity contribution >= 4 is 23.1 Å². The minimum atomic E-state index is -0.494. The summed E-state index contributed by atoms with van der Waals surface area (Å²) in [6, 6.07) is 0. The number of amides is 1. The second-order valence-electron chi connectivity index (χ2n) is 5.95. The summed E-state index contributed by atoms with van der Waals surface area (Å²) in [5.41, 5.74) is 4.93. The third kappa shape index (κ3) is 3.39. The van der Waals surface area contributed by atoms with Gasteiger partial charge in [-0.25, -0.2) is 0 Å². The number of carbonyl (C=O) groups is 1. The van der Waals surface area contributed by atoms with Crippen LogP contribution in [0.2, 0.25) is 0 Å². The van der Waals surface area contributed by atoms with Crippen molar-refractivity contribution in [3.63, 3.8) is 0 Å². The van der Waals surface area contributed by atoms with E-state index in [1.54, 1.807) is 0 Å². The molecule has 0 unspecified atom stereocenters. The largest absolute Gasteiger partial charge is 0.391 e. The number of rotatable bonds is 2. The number of piperidine rings is 1. The maximum Gasteiger partial charge on any atom is 0.226 e. The van der Waals surface area contributed by atoms with Gasteiger partial charge in [0.1, 0.15) is 0 Å². The lowest BCUT2D eigenvalue weighted by Crippen LogP contribution is -2.62. The highest BCUT2D eigenvalue weighted by molar-refractivity contribution is 7.80. The molecule has 0 aromatic rings. The highest BCUT2D eigenvalue weighted by atomic mass is 32.1. The predicted molar refractivity (Wildman–Crippen MR) is 73.8 cm³/mol. The van der Waals surface area contributed by atoms with Crippen LogP contribution in [-0.4, -0.2) is 41.5 Å². The minimum Gasteiger partial charge on any atom is -0.391 e. The lowest BCUT2D eigenvalue weighted by Gasteiger charge is -2.41. The summed E-state index contributed by atoms with van der Waals surface area (Å²) >= 11 is 5.15. The Balaban J connectivity index is 2.81. The molecule has 17 heavy (non-hydrogen) atoms. The predicted octanol–water partition coefficient (Wildman–Crippen LogP) is 0.899. The van der Waals surface area contributed by atoms with Crippen molar-refractivity contribution in [2.45, 2.75) is 39.2 Å². The molecule has 0 bridgehead atoms. The lowest BCUT2D eigenvalue weighted by atomic mass is 9.85. The zero-order chi connectivity index (χ0) is 13.3. The first-order valence-electron chi connectivity index (χ1n) is 5.98. The molecule has 0 spiro atoms. The number of hydrogen-bond acceptors (Lipinski definition) is 3. The van der Waals surface area contributed by atoms with E-state index < -0.39 is 11.0 Å². The Hall–Kier alpha value is -0.680. The Morgan fingerprint density at radius 2 is 1.82 bits per heavy atom. The van der Waals surface area contributed by atoms with Crippen LogP contribution < -0.4 is 11.1 Å². The number of carbonyl (C=O) groups excluding carboxylic acids is 1. The Morgan fingerprint density at radius 1 is 1.35 bits per heavy atom. The molecular formula is C12H23N3OS. The highest BCUT2D eigenvalue weighted by Gasteiger charge is 2.39. The number of nitrogens with zero attached hydrogens (tertiary/aromatic N) is 1. The van der Waals surface area contributed by atoms with Crippen molar-refractivity contribution in [2.24, 2.45) is 11.1 Å². The van der Waals surface area contributed by atoms with E-state index in [-0.39, 0.29) is 5.91 Å². The van der Waals surface area contributed by atoms with Crippen LogP contribution in [0.5, 0.6) is 0 Å². The van der Waals surface area contributed by atoms with Gasteiger partial charge < -0.3 is 16.0 Å². The standard InChI is InChI=1S/C12H23N3OS/c1-11(2,3)10(16)14-12(9(13)17)5-7-15(4)8-6-12/h5-8H2,1-4H3,(H2,13,17)(H,14,16). The lowest BCUT2D eigenvalue weighted by molar-refractivity contribution is -0.130. The highest BCUT2D eigenvalue weighted by Crippen LogP contribution is 2.24. The fraction of sp³-hybridized carbons (Fsp3) is 0.833. The van der Waals surface area contributed by atoms with E-state index in [0.29, 0.717) is 4.99 Å². The molecule has 98 valence electrons. The molecule has 1 fully saturated rings. The van der Waals surface area contributed by atoms with Crippen molar-refractivity contribution in [1.29, 1.82) is 0 Å². The van der Waals surface area contributed by atoms with Gasteiger partial charge in [-0.05, 0) is 19.9 Å². The van der Waals surface area contributed by atoms with E-state index in [1.165, 1.54) is 0 Å². The van der Waals surface area contributed by atoms with Crippen molar-refractivity contribution < 1.29 is 4.79 Å². The second-order valence-corrected chi connectivity index (χ2v) is 6.39. The molecule has 5 heteroatoms. The molecule has 0 aromatic heterocycles. The summed E-state index contributed by atoms with van der Waals surface area (Å²) in [6.07, 6.45) is 1.58. The van der Waals surface area contributed by atoms with Crippen LogP contribution in [0.1, 0.15) is 33.6 Å². The summed E-state index contributed by atoms with van der Waals surface area (Å²) < 4.78 is 0. The van der Waals surface area contributed by atoms with Gasteiger partial charge in [-0.2, -0.15) is 0 Å². The number of hydrogen-bond donors (Lipinski definition) is 2. The van der Waals surface area contributed by atoms with Gasteiger partial charge in [0.05, 0.1) is 10.5 Å². The van der Waals surface area contributed by atoms with E-state index in [9.17, 15) is 4.79 Å². The first-order valence-corrected chi connectivity index (χ1v) is 6.39. The molecule has 0 aliphatic carbocycles. The molecule has 0 atom stereocenters. The number of thiocarbonyl (C=S) groups is 1. The molecule has 0 saturated carbocycles. The van der Waals surface area contributed by atoms with Crippen molar-refractivity contribution in [1.82, 2.24) is 10.2 Å². The van der Waals surface area contributed by atoms with Crippen LogP contribution >= 0.6 is 12.2 Å². The fourth-order valence-electron chi connectivity index (χ4n) is 1.84. The summed E-state index contributed by atoms with van der Waals surface area (Å²) in [6.45, 7) is 7.49. The van der Waals surface area contributed by atoms with Crippen LogP contribution in [0.3, 0.4) is 0 Å². The first-order chi connectivity index (χ1) is 7.67. The van der Waals surface area contributed by atoms with E-state index in [4.69, 9.17) is 18.0 Å². The molecule has 1 rings (SSSR count). The molecule has 1 aliphatic rings. The number of likely N-dealkylation sites (tertiary alicyclic amines) is 1. The SMILES string of the molecule is CN1CCC(NC(=O)C(C)(C)C)(C(N)=S)CC1. The monoisotopic (exact) mass is 257 g/mol. The van der Waals surface area contributed by atoms with Crippen LogP contribution in [0.25, 0.3) is 0 Å². The maximum absolute atomic E-state index is 12.1. The molecule has 1 amide bonds. The van der Waals surface area contributed by atoms with Gasteiger partial charge in [-0.3, -0.25) is 4.79 Å². The van der Waals surface area contributed by atoms with Gasteiger partial charge in [0.15, 0.2) is 0 Å². The van der Waals surface area contributed by atoms with Gasteiger partial charge in [-0.15, -0.1) is 0 Å². The molecule has 1 aliphatic heterocycles. The average Bonchev–Trinajstić information content (AvgIpc) is 2.20. The van der Waals surface area contributed by atoms with Crippen molar-refractivity contribution in [2.75, 3.05) is 20.1 Å². The van der Waals surface area contributed by atoms with Crippen LogP contribution in [-0.2, 0) is 4.79 Å². The normalized spacial score (nSPS) is 20.9. The molecule has 3 N–H and O–H groups in total. The van der Waals surface area contributed by atoms with Gasteiger partial charge in [-0.1, -0.05) is 33.0 Å². The first kappa shape index (κ1) is 14.4. The van der Waals surface area contributed by atoms with Gasteiger partial charge >= 0.3 is 0 Å². The molecule has 1 saturated heterocycles. The molecule has 4 nitrogen and oxygen atoms in total. The quantitative estimate of drug-likeness (QED) is 0.722. The van der Waals surface area contributed by atoms with Gasteiger partial charge in [0, 0.05) is 18.5 Å². The van der Waals surface area contributed by atoms with E-state index in [1.807, 2.05) is 20.8 Å². The molecule has 1 heterocycles. The average molecular weight is 257 g/mol.